The molecule has 1 aliphatic rings. The summed E-state index contributed by atoms with van der Waals surface area (Å²) in [5.74, 6) is 1.48. The zero-order valence-electron chi connectivity index (χ0n) is 21.2. The lowest BCUT2D eigenvalue weighted by atomic mass is 9.93. The number of benzene rings is 1. The summed E-state index contributed by atoms with van der Waals surface area (Å²) in [7, 11) is 3.79. The van der Waals surface area contributed by atoms with Crippen molar-refractivity contribution in [3.05, 3.63) is 54.5 Å². The molecule has 0 aliphatic heterocycles. The number of ether oxygens (including phenoxy) is 1. The highest BCUT2D eigenvalue weighted by Gasteiger charge is 2.27. The predicted octanol–water partition coefficient (Wildman–Crippen LogP) is 4.57. The number of fused-ring (bicyclic) bond motifs is 1. The lowest BCUT2D eigenvalue weighted by Gasteiger charge is -2.29. The van der Waals surface area contributed by atoms with Crippen LogP contribution in [0.3, 0.4) is 0 Å². The molecule has 1 saturated carbocycles. The highest BCUT2D eigenvalue weighted by atomic mass is 16.5. The van der Waals surface area contributed by atoms with E-state index in [1.165, 1.54) is 0 Å². The van der Waals surface area contributed by atoms with E-state index in [-0.39, 0.29) is 24.1 Å². The van der Waals surface area contributed by atoms with Crippen molar-refractivity contribution in [1.82, 2.24) is 29.9 Å². The van der Waals surface area contributed by atoms with Crippen molar-refractivity contribution in [2.24, 2.45) is 7.05 Å². The Hall–Kier alpha value is -3.88. The topological polar surface area (TPSA) is 98.9 Å². The van der Waals surface area contributed by atoms with Gasteiger partial charge in [0.05, 0.1) is 23.9 Å². The minimum absolute atomic E-state index is 0.0791. The van der Waals surface area contributed by atoms with Crippen LogP contribution in [-0.2, 0) is 7.05 Å². The SMILES string of the molecule is CNc1cc2c(cn1)c(-c1cnn(C)c1)nn2C1CCC(Oc2cccc(C(=O)NC(C)C)c2)CC1. The first-order chi connectivity index (χ1) is 17.4. The average Bonchev–Trinajstić information content (AvgIpc) is 3.47. The Bertz CT molecular complexity index is 1370. The summed E-state index contributed by atoms with van der Waals surface area (Å²) in [4.78, 5) is 16.9. The van der Waals surface area contributed by atoms with Gasteiger partial charge in [-0.05, 0) is 57.7 Å². The Morgan fingerprint density at radius 2 is 1.94 bits per heavy atom. The van der Waals surface area contributed by atoms with Crippen LogP contribution in [0.4, 0.5) is 5.82 Å². The maximum Gasteiger partial charge on any atom is 0.251 e. The molecule has 0 saturated heterocycles. The Morgan fingerprint density at radius 1 is 1.14 bits per heavy atom. The zero-order chi connectivity index (χ0) is 25.2. The molecule has 9 heteroatoms. The molecule has 0 spiro atoms. The number of hydrogen-bond donors (Lipinski definition) is 2. The van der Waals surface area contributed by atoms with Crippen molar-refractivity contribution in [1.29, 1.82) is 0 Å². The molecular formula is C27H33N7O2. The monoisotopic (exact) mass is 487 g/mol. The van der Waals surface area contributed by atoms with Crippen LogP contribution in [0, 0.1) is 0 Å². The summed E-state index contributed by atoms with van der Waals surface area (Å²) in [6.45, 7) is 3.91. The number of nitrogens with one attached hydrogen (secondary N) is 2. The Morgan fingerprint density at radius 3 is 2.64 bits per heavy atom. The van der Waals surface area contributed by atoms with Gasteiger partial charge >= 0.3 is 0 Å². The van der Waals surface area contributed by atoms with Crippen molar-refractivity contribution in [2.45, 2.75) is 57.7 Å². The van der Waals surface area contributed by atoms with Crippen molar-refractivity contribution >= 4 is 22.6 Å². The third-order valence-electron chi connectivity index (χ3n) is 6.63. The molecule has 0 atom stereocenters. The number of aryl methyl sites for hydroxylation is 1. The molecule has 1 aromatic carbocycles. The van der Waals surface area contributed by atoms with Crippen LogP contribution in [-0.4, -0.2) is 49.6 Å². The molecule has 188 valence electrons. The van der Waals surface area contributed by atoms with Crippen LogP contribution >= 0.6 is 0 Å². The molecule has 5 rings (SSSR count). The number of pyridine rings is 1. The third kappa shape index (κ3) is 4.91. The quantitative estimate of drug-likeness (QED) is 0.396. The molecule has 9 nitrogen and oxygen atoms in total. The second kappa shape index (κ2) is 10.0. The fraction of sp³-hybridized carbons (Fsp3) is 0.407. The minimum Gasteiger partial charge on any atom is -0.490 e. The van der Waals surface area contributed by atoms with Gasteiger partial charge in [-0.25, -0.2) is 4.98 Å². The predicted molar refractivity (Wildman–Crippen MR) is 140 cm³/mol. The standard InChI is InChI=1S/C27H33N7O2/c1-17(2)31-27(35)18-6-5-7-22(12-18)36-21-10-8-20(9-11-21)34-24-13-25(28-3)29-15-23(24)26(32-34)19-14-30-33(4)16-19/h5-7,12-17,20-21H,8-11H2,1-4H3,(H,28,29)(H,31,35). The van der Waals surface area contributed by atoms with Gasteiger partial charge in [-0.1, -0.05) is 6.07 Å². The van der Waals surface area contributed by atoms with Crippen LogP contribution in [0.1, 0.15) is 55.9 Å². The maximum absolute atomic E-state index is 12.4. The van der Waals surface area contributed by atoms with Crippen LogP contribution in [0.2, 0.25) is 0 Å². The lowest BCUT2D eigenvalue weighted by Crippen LogP contribution is -2.30. The molecule has 1 aliphatic carbocycles. The Balaban J connectivity index is 1.32. The van der Waals surface area contributed by atoms with Gasteiger partial charge < -0.3 is 15.4 Å². The van der Waals surface area contributed by atoms with Gasteiger partial charge in [0.1, 0.15) is 17.3 Å². The van der Waals surface area contributed by atoms with Gasteiger partial charge in [0.2, 0.25) is 0 Å². The molecule has 0 bridgehead atoms. The number of carbonyl (C=O) groups excluding carboxylic acids is 1. The fourth-order valence-electron chi connectivity index (χ4n) is 4.86. The molecule has 1 fully saturated rings. The highest BCUT2D eigenvalue weighted by molar-refractivity contribution is 5.95. The normalized spacial score (nSPS) is 17.9. The maximum atomic E-state index is 12.4. The zero-order valence-corrected chi connectivity index (χ0v) is 21.2. The van der Waals surface area contributed by atoms with E-state index in [1.54, 1.807) is 4.68 Å². The molecule has 36 heavy (non-hydrogen) atoms. The van der Waals surface area contributed by atoms with Gasteiger partial charge in [-0.2, -0.15) is 10.2 Å². The summed E-state index contributed by atoms with van der Waals surface area (Å²) in [6, 6.07) is 9.88. The molecule has 0 unspecified atom stereocenters. The molecule has 3 heterocycles. The second-order valence-corrected chi connectivity index (χ2v) is 9.74. The van der Waals surface area contributed by atoms with E-state index in [2.05, 4.69) is 31.5 Å². The van der Waals surface area contributed by atoms with Gasteiger partial charge in [0.25, 0.3) is 5.91 Å². The molecule has 1 amide bonds. The van der Waals surface area contributed by atoms with E-state index in [0.29, 0.717) is 5.56 Å². The number of carbonyl (C=O) groups is 1. The highest BCUT2D eigenvalue weighted by Crippen LogP contribution is 2.36. The summed E-state index contributed by atoms with van der Waals surface area (Å²) in [5, 5.41) is 16.5. The number of nitrogens with zero attached hydrogens (tertiary/aromatic N) is 5. The molecular weight excluding hydrogens is 454 g/mol. The summed E-state index contributed by atoms with van der Waals surface area (Å²) >= 11 is 0. The Kier molecular flexibility index (Phi) is 6.63. The van der Waals surface area contributed by atoms with Crippen LogP contribution in [0.15, 0.2) is 48.9 Å². The number of anilines is 1. The average molecular weight is 488 g/mol. The fourth-order valence-corrected chi connectivity index (χ4v) is 4.86. The van der Waals surface area contributed by atoms with E-state index in [4.69, 9.17) is 9.84 Å². The van der Waals surface area contributed by atoms with Gasteiger partial charge in [-0.3, -0.25) is 14.2 Å². The first-order valence-corrected chi connectivity index (χ1v) is 12.5. The summed E-state index contributed by atoms with van der Waals surface area (Å²) in [5.41, 5.74) is 3.58. The summed E-state index contributed by atoms with van der Waals surface area (Å²) < 4.78 is 10.2. The van der Waals surface area contributed by atoms with E-state index in [1.807, 2.05) is 70.8 Å². The number of amides is 1. The van der Waals surface area contributed by atoms with Gasteiger partial charge in [0, 0.05) is 55.1 Å². The van der Waals surface area contributed by atoms with Gasteiger partial charge in [0.15, 0.2) is 0 Å². The third-order valence-corrected chi connectivity index (χ3v) is 6.63. The van der Waals surface area contributed by atoms with E-state index < -0.39 is 0 Å². The van der Waals surface area contributed by atoms with E-state index in [0.717, 1.165) is 59.4 Å². The summed E-state index contributed by atoms with van der Waals surface area (Å²) in [6.07, 6.45) is 9.58. The number of rotatable bonds is 7. The smallest absolute Gasteiger partial charge is 0.251 e. The van der Waals surface area contributed by atoms with Crippen molar-refractivity contribution in [2.75, 3.05) is 12.4 Å². The Labute approximate surface area is 210 Å². The largest absolute Gasteiger partial charge is 0.490 e. The van der Waals surface area contributed by atoms with Gasteiger partial charge in [-0.15, -0.1) is 0 Å². The van der Waals surface area contributed by atoms with Crippen LogP contribution < -0.4 is 15.4 Å². The van der Waals surface area contributed by atoms with Crippen molar-refractivity contribution in [3.8, 4) is 17.0 Å². The number of hydrogen-bond acceptors (Lipinski definition) is 6. The van der Waals surface area contributed by atoms with Crippen LogP contribution in [0.5, 0.6) is 5.75 Å². The van der Waals surface area contributed by atoms with Crippen molar-refractivity contribution < 1.29 is 9.53 Å². The lowest BCUT2D eigenvalue weighted by molar-refractivity contribution is 0.0941. The first-order valence-electron chi connectivity index (χ1n) is 12.5. The molecule has 4 aromatic rings. The molecule has 3 aromatic heterocycles. The minimum atomic E-state index is -0.0791. The first kappa shape index (κ1) is 23.8. The molecule has 2 N–H and O–H groups in total. The second-order valence-electron chi connectivity index (χ2n) is 9.74. The van der Waals surface area contributed by atoms with Crippen molar-refractivity contribution in [3.63, 3.8) is 0 Å². The molecule has 0 radical (unpaired) electrons. The number of aromatic nitrogens is 5. The van der Waals surface area contributed by atoms with E-state index >= 15 is 0 Å². The van der Waals surface area contributed by atoms with E-state index in [9.17, 15) is 4.79 Å². The van der Waals surface area contributed by atoms with Crippen LogP contribution in [0.25, 0.3) is 22.2 Å².